The zero-order chi connectivity index (χ0) is 23.2. The van der Waals surface area contributed by atoms with Crippen molar-refractivity contribution in [2.24, 2.45) is 0 Å². The zero-order valence-corrected chi connectivity index (χ0v) is 20.6. The smallest absolute Gasteiger partial charge is 0.407 e. The van der Waals surface area contributed by atoms with Crippen LogP contribution in [0.1, 0.15) is 43.7 Å². The lowest BCUT2D eigenvalue weighted by molar-refractivity contribution is 0.0516. The first-order valence-electron chi connectivity index (χ1n) is 10.5. The molecule has 0 aliphatic heterocycles. The van der Waals surface area contributed by atoms with Crippen LogP contribution in [-0.4, -0.2) is 53.7 Å². The molecule has 2 rings (SSSR count). The SMILES string of the molecule is CCOC(=O)c1ccnc2c1c(CNC(=O)OC(C)(C)C)nn2COCC[Si](C)(C)C. The van der Waals surface area contributed by atoms with Crippen molar-refractivity contribution in [2.75, 3.05) is 13.2 Å². The Morgan fingerprint density at radius 3 is 2.55 bits per heavy atom. The molecule has 1 amide bonds. The van der Waals surface area contributed by atoms with Crippen molar-refractivity contribution in [3.63, 3.8) is 0 Å². The van der Waals surface area contributed by atoms with E-state index in [9.17, 15) is 9.59 Å². The third kappa shape index (κ3) is 7.62. The summed E-state index contributed by atoms with van der Waals surface area (Å²) in [5.74, 6) is -0.465. The predicted octanol–water partition coefficient (Wildman–Crippen LogP) is 3.95. The molecule has 172 valence electrons. The number of alkyl carbamates (subject to hydrolysis) is 1. The number of esters is 1. The van der Waals surface area contributed by atoms with Crippen molar-refractivity contribution in [3.05, 3.63) is 23.5 Å². The molecule has 31 heavy (non-hydrogen) atoms. The molecule has 0 aliphatic rings. The van der Waals surface area contributed by atoms with Crippen LogP contribution in [0.25, 0.3) is 11.0 Å². The van der Waals surface area contributed by atoms with Gasteiger partial charge in [0.2, 0.25) is 0 Å². The van der Waals surface area contributed by atoms with Gasteiger partial charge in [0.25, 0.3) is 0 Å². The Labute approximate surface area is 184 Å². The standard InChI is InChI=1S/C21H34N4O5Si/c1-8-29-19(26)15-9-10-22-18-17(15)16(13-23-20(27)30-21(2,3)4)24-25(18)14-28-11-12-31(5,6)7/h9-10H,8,11-14H2,1-7H3,(H,23,27). The number of rotatable bonds is 9. The van der Waals surface area contributed by atoms with Crippen LogP contribution in [0.4, 0.5) is 4.79 Å². The van der Waals surface area contributed by atoms with Crippen LogP contribution in [0.2, 0.25) is 25.7 Å². The fraction of sp³-hybridized carbons (Fsp3) is 0.619. The maximum absolute atomic E-state index is 12.5. The summed E-state index contributed by atoms with van der Waals surface area (Å²) in [6.07, 6.45) is 0.975. The van der Waals surface area contributed by atoms with Gasteiger partial charge >= 0.3 is 12.1 Å². The van der Waals surface area contributed by atoms with E-state index >= 15 is 0 Å². The van der Waals surface area contributed by atoms with Crippen LogP contribution in [0.5, 0.6) is 0 Å². The van der Waals surface area contributed by atoms with E-state index in [2.05, 4.69) is 35.0 Å². The second-order valence-corrected chi connectivity index (χ2v) is 15.0. The Morgan fingerprint density at radius 2 is 1.94 bits per heavy atom. The molecule has 1 N–H and O–H groups in total. The van der Waals surface area contributed by atoms with Gasteiger partial charge in [-0.15, -0.1) is 0 Å². The number of fused-ring (bicyclic) bond motifs is 1. The molecule has 0 aromatic carbocycles. The molecular formula is C21H34N4O5Si. The van der Waals surface area contributed by atoms with Gasteiger partial charge in [0.15, 0.2) is 5.65 Å². The second kappa shape index (κ2) is 10.2. The highest BCUT2D eigenvalue weighted by Gasteiger charge is 2.22. The molecule has 0 unspecified atom stereocenters. The molecular weight excluding hydrogens is 416 g/mol. The first-order chi connectivity index (χ1) is 14.4. The number of ether oxygens (including phenoxy) is 3. The van der Waals surface area contributed by atoms with Crippen LogP contribution in [0.15, 0.2) is 12.3 Å². The Bertz CT molecular complexity index is 915. The summed E-state index contributed by atoms with van der Waals surface area (Å²) in [5, 5.41) is 7.78. The van der Waals surface area contributed by atoms with Gasteiger partial charge in [-0.1, -0.05) is 19.6 Å². The predicted molar refractivity (Wildman–Crippen MR) is 121 cm³/mol. The minimum Gasteiger partial charge on any atom is -0.462 e. The fourth-order valence-corrected chi connectivity index (χ4v) is 3.52. The summed E-state index contributed by atoms with van der Waals surface area (Å²) in [6, 6.07) is 2.62. The van der Waals surface area contributed by atoms with Gasteiger partial charge in [0, 0.05) is 20.9 Å². The van der Waals surface area contributed by atoms with Crippen molar-refractivity contribution < 1.29 is 23.8 Å². The average Bonchev–Trinajstić information content (AvgIpc) is 2.99. The number of nitrogens with one attached hydrogen (secondary N) is 1. The number of pyridine rings is 1. The van der Waals surface area contributed by atoms with E-state index in [1.807, 2.05) is 0 Å². The summed E-state index contributed by atoms with van der Waals surface area (Å²) in [6.45, 7) is 15.1. The molecule has 0 atom stereocenters. The Kier molecular flexibility index (Phi) is 8.19. The van der Waals surface area contributed by atoms with Crippen molar-refractivity contribution >= 4 is 31.2 Å². The van der Waals surface area contributed by atoms with E-state index in [0.29, 0.717) is 28.9 Å². The molecule has 0 aliphatic carbocycles. The maximum Gasteiger partial charge on any atom is 0.407 e. The van der Waals surface area contributed by atoms with E-state index in [-0.39, 0.29) is 19.9 Å². The van der Waals surface area contributed by atoms with Gasteiger partial charge < -0.3 is 19.5 Å². The topological polar surface area (TPSA) is 105 Å². The van der Waals surface area contributed by atoms with E-state index in [1.165, 1.54) is 0 Å². The van der Waals surface area contributed by atoms with Crippen LogP contribution >= 0.6 is 0 Å². The molecule has 0 bridgehead atoms. The second-order valence-electron chi connectivity index (χ2n) is 9.43. The summed E-state index contributed by atoms with van der Waals surface area (Å²) in [7, 11) is -1.21. The van der Waals surface area contributed by atoms with Crippen molar-refractivity contribution in [1.29, 1.82) is 0 Å². The summed E-state index contributed by atoms with van der Waals surface area (Å²) < 4.78 is 17.9. The number of amides is 1. The normalized spacial score (nSPS) is 12.1. The first kappa shape index (κ1) is 24.8. The Hall–Kier alpha value is -2.46. The number of hydrogen-bond acceptors (Lipinski definition) is 7. The number of nitrogens with zero attached hydrogens (tertiary/aromatic N) is 3. The highest BCUT2D eigenvalue weighted by Crippen LogP contribution is 2.23. The molecule has 0 spiro atoms. The highest BCUT2D eigenvalue weighted by atomic mass is 28.3. The molecule has 2 aromatic heterocycles. The first-order valence-corrected chi connectivity index (χ1v) is 14.2. The largest absolute Gasteiger partial charge is 0.462 e. The molecule has 0 fully saturated rings. The van der Waals surface area contributed by atoms with Crippen LogP contribution in [0, 0.1) is 0 Å². The molecule has 2 heterocycles. The maximum atomic E-state index is 12.5. The lowest BCUT2D eigenvalue weighted by atomic mass is 10.1. The van der Waals surface area contributed by atoms with Gasteiger partial charge in [-0.3, -0.25) is 0 Å². The summed E-state index contributed by atoms with van der Waals surface area (Å²) >= 11 is 0. The van der Waals surface area contributed by atoms with Gasteiger partial charge in [-0.2, -0.15) is 5.10 Å². The van der Waals surface area contributed by atoms with Gasteiger partial charge in [-0.05, 0) is 39.8 Å². The number of carbonyl (C=O) groups is 2. The zero-order valence-electron chi connectivity index (χ0n) is 19.6. The van der Waals surface area contributed by atoms with Crippen LogP contribution in [0.3, 0.4) is 0 Å². The van der Waals surface area contributed by atoms with Crippen molar-refractivity contribution in [3.8, 4) is 0 Å². The van der Waals surface area contributed by atoms with E-state index in [0.717, 1.165) is 6.04 Å². The molecule has 0 radical (unpaired) electrons. The van der Waals surface area contributed by atoms with Gasteiger partial charge in [-0.25, -0.2) is 19.3 Å². The number of hydrogen-bond donors (Lipinski definition) is 1. The number of aromatic nitrogens is 3. The molecule has 0 saturated carbocycles. The van der Waals surface area contributed by atoms with Crippen LogP contribution < -0.4 is 5.32 Å². The van der Waals surface area contributed by atoms with Gasteiger partial charge in [0.1, 0.15) is 12.3 Å². The molecule has 0 saturated heterocycles. The van der Waals surface area contributed by atoms with E-state index in [1.54, 1.807) is 44.6 Å². The minimum atomic E-state index is -1.21. The molecule has 9 nitrogen and oxygen atoms in total. The third-order valence-electron chi connectivity index (χ3n) is 4.21. The number of carbonyl (C=O) groups excluding carboxylic acids is 2. The summed E-state index contributed by atoms with van der Waals surface area (Å²) in [4.78, 5) is 29.0. The van der Waals surface area contributed by atoms with Crippen LogP contribution in [-0.2, 0) is 27.5 Å². The lowest BCUT2D eigenvalue weighted by Crippen LogP contribution is -2.32. The van der Waals surface area contributed by atoms with Crippen molar-refractivity contribution in [1.82, 2.24) is 20.1 Å². The van der Waals surface area contributed by atoms with Crippen molar-refractivity contribution in [2.45, 2.75) is 72.3 Å². The van der Waals surface area contributed by atoms with E-state index in [4.69, 9.17) is 14.2 Å². The molecule has 10 heteroatoms. The third-order valence-corrected chi connectivity index (χ3v) is 5.91. The Morgan fingerprint density at radius 1 is 1.23 bits per heavy atom. The minimum absolute atomic E-state index is 0.0748. The average molecular weight is 451 g/mol. The Balaban J connectivity index is 2.30. The summed E-state index contributed by atoms with van der Waals surface area (Å²) in [5.41, 5.74) is 0.722. The quantitative estimate of drug-likeness (QED) is 0.350. The fourth-order valence-electron chi connectivity index (χ4n) is 2.77. The monoisotopic (exact) mass is 450 g/mol. The highest BCUT2D eigenvalue weighted by molar-refractivity contribution is 6.76. The van der Waals surface area contributed by atoms with E-state index < -0.39 is 25.7 Å². The van der Waals surface area contributed by atoms with Gasteiger partial charge in [0.05, 0.1) is 29.8 Å². The molecule has 2 aromatic rings. The lowest BCUT2D eigenvalue weighted by Gasteiger charge is -2.19.